The molecule has 0 aliphatic heterocycles. The monoisotopic (exact) mass is 238 g/mol. The van der Waals surface area contributed by atoms with Crippen LogP contribution in [0.1, 0.15) is 39.0 Å². The Morgan fingerprint density at radius 1 is 1.00 bits per heavy atom. The summed E-state index contributed by atoms with van der Waals surface area (Å²) in [4.78, 5) is 0. The third kappa shape index (κ3) is 7.19. The SMILES string of the molecule is CCCCCC[CH2][La]. The fourth-order valence-corrected chi connectivity index (χ4v) is 1.65. The maximum absolute atomic E-state index is 2.27. The molecule has 0 unspecified atom stereocenters. The minimum absolute atomic E-state index is 1.24. The molecular formula is C7H15La. The zero-order chi connectivity index (χ0) is 6.24. The molecule has 0 bridgehead atoms. The molecule has 0 saturated carbocycles. The molecule has 8 heavy (non-hydrogen) atoms. The Labute approximate surface area is 75.1 Å². The molecule has 1 heteroatoms. The van der Waals surface area contributed by atoms with E-state index in [4.69, 9.17) is 0 Å². The summed E-state index contributed by atoms with van der Waals surface area (Å²) in [5, 5.41) is 0. The van der Waals surface area contributed by atoms with Gasteiger partial charge >= 0.3 is 75.6 Å². The van der Waals surface area contributed by atoms with Gasteiger partial charge in [0, 0.05) is 0 Å². The average Bonchev–Trinajstić information content (AvgIpc) is 1.81. The third-order valence-electron chi connectivity index (χ3n) is 1.31. The second-order valence-corrected chi connectivity index (χ2v) is 4.02. The summed E-state index contributed by atoms with van der Waals surface area (Å²) in [6.45, 7) is 2.27. The van der Waals surface area contributed by atoms with Gasteiger partial charge in [-0.15, -0.1) is 0 Å². The first kappa shape index (κ1) is 9.19. The van der Waals surface area contributed by atoms with Gasteiger partial charge in [-0.1, -0.05) is 0 Å². The molecule has 46 valence electrons. The van der Waals surface area contributed by atoms with Crippen molar-refractivity contribution in [3.8, 4) is 0 Å². The first-order chi connectivity index (χ1) is 3.91. The molecule has 0 N–H and O–H groups in total. The van der Waals surface area contributed by atoms with Crippen molar-refractivity contribution in [2.45, 2.75) is 41.9 Å². The van der Waals surface area contributed by atoms with Gasteiger partial charge in [-0.25, -0.2) is 0 Å². The standard InChI is InChI=1S/C7H15.La/c1-3-5-7-6-4-2;/h1,3-7H2,2H3;. The summed E-state index contributed by atoms with van der Waals surface area (Å²) >= 11 is 1.24. The molecule has 0 amide bonds. The Morgan fingerprint density at radius 3 is 2.12 bits per heavy atom. The molecule has 0 aliphatic carbocycles. The molecule has 0 aromatic rings. The topological polar surface area (TPSA) is 0 Å². The molecule has 0 saturated heterocycles. The summed E-state index contributed by atoms with van der Waals surface area (Å²) in [6, 6.07) is 0. The molecular weight excluding hydrogens is 223 g/mol. The van der Waals surface area contributed by atoms with E-state index in [1.54, 1.807) is 0 Å². The van der Waals surface area contributed by atoms with Crippen LogP contribution in [0.4, 0.5) is 0 Å². The summed E-state index contributed by atoms with van der Waals surface area (Å²) in [5.74, 6) is 0. The molecule has 0 aliphatic rings. The Hall–Kier alpha value is 1.19. The van der Waals surface area contributed by atoms with E-state index < -0.39 is 0 Å². The van der Waals surface area contributed by atoms with Crippen molar-refractivity contribution in [2.24, 2.45) is 0 Å². The first-order valence-electron chi connectivity index (χ1n) is 3.62. The van der Waals surface area contributed by atoms with Crippen LogP contribution in [-0.4, -0.2) is 0 Å². The fraction of sp³-hybridized carbons (Fsp3) is 1.00. The first-order valence-corrected chi connectivity index (χ1v) is 6.18. The van der Waals surface area contributed by atoms with E-state index in [9.17, 15) is 0 Å². The van der Waals surface area contributed by atoms with E-state index in [0.29, 0.717) is 0 Å². The van der Waals surface area contributed by atoms with Gasteiger partial charge in [0.1, 0.15) is 0 Å². The van der Waals surface area contributed by atoms with E-state index in [1.807, 2.05) is 0 Å². The summed E-state index contributed by atoms with van der Waals surface area (Å²) in [7, 11) is 0. The number of hydrogen-bond acceptors (Lipinski definition) is 0. The van der Waals surface area contributed by atoms with Crippen LogP contribution in [0, 0.1) is 33.7 Å². The number of rotatable bonds is 5. The summed E-state index contributed by atoms with van der Waals surface area (Å²) < 4.78 is 1.53. The van der Waals surface area contributed by atoms with Crippen molar-refractivity contribution in [3.63, 3.8) is 0 Å². The summed E-state index contributed by atoms with van der Waals surface area (Å²) in [6.07, 6.45) is 7.30. The third-order valence-corrected chi connectivity index (χ3v) is 2.59. The Kier molecular flexibility index (Phi) is 9.42. The Bertz CT molecular complexity index is 29.4. The molecule has 0 spiro atoms. The van der Waals surface area contributed by atoms with Crippen molar-refractivity contribution >= 4 is 0 Å². The van der Waals surface area contributed by atoms with E-state index in [0.717, 1.165) is 0 Å². The van der Waals surface area contributed by atoms with Gasteiger partial charge in [0.05, 0.1) is 0 Å². The van der Waals surface area contributed by atoms with E-state index in [-0.39, 0.29) is 0 Å². The quantitative estimate of drug-likeness (QED) is 0.646. The average molecular weight is 238 g/mol. The zero-order valence-corrected chi connectivity index (χ0v) is 9.45. The predicted molar refractivity (Wildman–Crippen MR) is 33.6 cm³/mol. The van der Waals surface area contributed by atoms with Crippen molar-refractivity contribution < 1.29 is 33.7 Å². The van der Waals surface area contributed by atoms with Gasteiger partial charge < -0.3 is 0 Å². The van der Waals surface area contributed by atoms with Crippen molar-refractivity contribution in [3.05, 3.63) is 0 Å². The van der Waals surface area contributed by atoms with Crippen LogP contribution in [0.25, 0.3) is 0 Å². The van der Waals surface area contributed by atoms with Crippen molar-refractivity contribution in [1.82, 2.24) is 0 Å². The fourth-order valence-electron chi connectivity index (χ4n) is 0.748. The normalized spacial score (nSPS) is 9.50. The van der Waals surface area contributed by atoms with E-state index in [2.05, 4.69) is 6.92 Å². The van der Waals surface area contributed by atoms with Crippen LogP contribution in [0.5, 0.6) is 0 Å². The van der Waals surface area contributed by atoms with Crippen LogP contribution in [0.3, 0.4) is 0 Å². The van der Waals surface area contributed by atoms with Crippen LogP contribution in [0.2, 0.25) is 2.82 Å². The Morgan fingerprint density at radius 2 is 1.62 bits per heavy atom. The molecule has 0 radical (unpaired) electrons. The van der Waals surface area contributed by atoms with Gasteiger partial charge in [0.25, 0.3) is 0 Å². The molecule has 0 aromatic carbocycles. The second-order valence-electron chi connectivity index (χ2n) is 2.20. The van der Waals surface area contributed by atoms with Gasteiger partial charge in [-0.3, -0.25) is 0 Å². The van der Waals surface area contributed by atoms with E-state index in [1.165, 1.54) is 68.7 Å². The molecule has 0 nitrogen and oxygen atoms in total. The van der Waals surface area contributed by atoms with Crippen molar-refractivity contribution in [2.75, 3.05) is 0 Å². The van der Waals surface area contributed by atoms with Gasteiger partial charge in [-0.2, -0.15) is 0 Å². The second kappa shape index (κ2) is 8.19. The van der Waals surface area contributed by atoms with Gasteiger partial charge in [-0.05, 0) is 0 Å². The maximum atomic E-state index is 2.27. The van der Waals surface area contributed by atoms with Crippen LogP contribution in [-0.2, 0) is 0 Å². The molecule has 0 fully saturated rings. The van der Waals surface area contributed by atoms with Gasteiger partial charge in [0.2, 0.25) is 0 Å². The van der Waals surface area contributed by atoms with Gasteiger partial charge in [0.15, 0.2) is 0 Å². The predicted octanol–water partition coefficient (Wildman–Crippen LogP) is 2.92. The number of hydrogen-bond donors (Lipinski definition) is 0. The van der Waals surface area contributed by atoms with Crippen LogP contribution < -0.4 is 0 Å². The Balaban J connectivity index is 2.53. The molecule has 0 rings (SSSR count). The summed E-state index contributed by atoms with van der Waals surface area (Å²) in [5.41, 5.74) is 0. The van der Waals surface area contributed by atoms with Crippen molar-refractivity contribution in [1.29, 1.82) is 0 Å². The number of unbranched alkanes of at least 4 members (excludes halogenated alkanes) is 4. The zero-order valence-electron chi connectivity index (χ0n) is 5.82. The van der Waals surface area contributed by atoms with Crippen LogP contribution in [0.15, 0.2) is 0 Å². The van der Waals surface area contributed by atoms with Crippen LogP contribution >= 0.6 is 0 Å². The molecule has 0 atom stereocenters. The molecule has 0 aromatic heterocycles. The molecule has 0 heterocycles. The van der Waals surface area contributed by atoms with E-state index >= 15 is 0 Å². The minimum atomic E-state index is 1.24.